The number of hydrogen-bond donors (Lipinski definition) is 4. The minimum absolute atomic E-state index is 0.0233. The highest BCUT2D eigenvalue weighted by Gasteiger charge is 2.27. The maximum absolute atomic E-state index is 11.2. The molecular formula is C56H56N8O8S2. The number of nitrogens with zero attached hydrogens (tertiary/aromatic N) is 6. The molecule has 8 aromatic rings. The molecule has 4 aliphatic rings. The molecule has 16 nitrogen and oxygen atoms in total. The second-order valence-electron chi connectivity index (χ2n) is 18.2. The van der Waals surface area contributed by atoms with Gasteiger partial charge in [0.25, 0.3) is 20.2 Å². The van der Waals surface area contributed by atoms with Crippen molar-refractivity contribution in [2.45, 2.75) is 74.2 Å². The predicted octanol–water partition coefficient (Wildman–Crippen LogP) is 10.3. The number of hydrogen-bond acceptors (Lipinski definition) is 14. The quantitative estimate of drug-likeness (QED) is 0.0939. The van der Waals surface area contributed by atoms with E-state index in [2.05, 4.69) is 81.1 Å². The normalized spacial score (nSPS) is 14.7. The lowest BCUT2D eigenvalue weighted by atomic mass is 9.96. The van der Waals surface area contributed by atoms with Gasteiger partial charge in [0.05, 0.1) is 35.9 Å². The molecule has 18 heteroatoms. The number of anilines is 6. The maximum atomic E-state index is 11.2. The molecule has 12 rings (SSSR count). The zero-order valence-electron chi connectivity index (χ0n) is 40.6. The van der Waals surface area contributed by atoms with E-state index < -0.39 is 30.0 Å². The van der Waals surface area contributed by atoms with E-state index in [-0.39, 0.29) is 10.8 Å². The van der Waals surface area contributed by atoms with Gasteiger partial charge in [-0.2, -0.15) is 26.8 Å². The van der Waals surface area contributed by atoms with Gasteiger partial charge in [0.15, 0.2) is 0 Å². The molecule has 2 aromatic heterocycles. The Morgan fingerprint density at radius 3 is 1.27 bits per heavy atom. The summed E-state index contributed by atoms with van der Waals surface area (Å²) in [6, 6.07) is 44.7. The number of nitrogens with one attached hydrogen (secondary N) is 2. The lowest BCUT2D eigenvalue weighted by Gasteiger charge is -2.31. The van der Waals surface area contributed by atoms with Crippen LogP contribution >= 0.6 is 0 Å². The average molecular weight is 1030 g/mol. The third-order valence-corrected chi connectivity index (χ3v) is 15.1. The van der Waals surface area contributed by atoms with Gasteiger partial charge in [-0.1, -0.05) is 109 Å². The second kappa shape index (κ2) is 22.2. The number of ether oxygens (including phenoxy) is 2. The Morgan fingerprint density at radius 1 is 0.459 bits per heavy atom. The largest absolute Gasteiger partial charge is 0.490 e. The Hall–Kier alpha value is -7.64. The van der Waals surface area contributed by atoms with E-state index in [1.165, 1.54) is 83.6 Å². The predicted molar refractivity (Wildman–Crippen MR) is 286 cm³/mol. The van der Waals surface area contributed by atoms with Gasteiger partial charge in [0.1, 0.15) is 46.1 Å². The van der Waals surface area contributed by atoms with Gasteiger partial charge in [-0.3, -0.25) is 9.11 Å². The molecule has 2 aliphatic carbocycles. The summed E-state index contributed by atoms with van der Waals surface area (Å²) in [5, 5.41) is 7.21. The summed E-state index contributed by atoms with van der Waals surface area (Å²) in [7, 11) is -8.94. The molecule has 0 saturated carbocycles. The van der Waals surface area contributed by atoms with E-state index in [1.807, 2.05) is 48.5 Å². The molecule has 0 radical (unpaired) electrons. The molecule has 0 atom stereocenters. The fourth-order valence-corrected chi connectivity index (χ4v) is 11.1. The molecule has 0 unspecified atom stereocenters. The lowest BCUT2D eigenvalue weighted by Crippen LogP contribution is -2.30. The number of aryl methyl sites for hydroxylation is 2. The van der Waals surface area contributed by atoms with Crippen LogP contribution in [0.5, 0.6) is 11.5 Å². The number of aromatic nitrogens is 4. The van der Waals surface area contributed by atoms with Crippen molar-refractivity contribution in [1.82, 2.24) is 19.9 Å². The van der Waals surface area contributed by atoms with Crippen molar-refractivity contribution in [2.24, 2.45) is 0 Å². The smallest absolute Gasteiger partial charge is 0.295 e. The van der Waals surface area contributed by atoms with Crippen LogP contribution in [0, 0.1) is 0 Å². The van der Waals surface area contributed by atoms with E-state index >= 15 is 0 Å². The van der Waals surface area contributed by atoms with Crippen LogP contribution in [0.25, 0.3) is 10.8 Å². The molecule has 0 spiro atoms. The first-order valence-corrected chi connectivity index (χ1v) is 27.7. The molecule has 2 aliphatic heterocycles. The van der Waals surface area contributed by atoms with Crippen molar-refractivity contribution in [2.75, 3.05) is 46.7 Å². The van der Waals surface area contributed by atoms with Crippen molar-refractivity contribution in [1.29, 1.82) is 0 Å². The highest BCUT2D eigenvalue weighted by atomic mass is 32.2. The molecule has 0 amide bonds. The lowest BCUT2D eigenvalue weighted by molar-refractivity contribution is 0.313. The number of para-hydroxylation sites is 4. The summed E-state index contributed by atoms with van der Waals surface area (Å²) in [5.74, 6) is 5.29. The average Bonchev–Trinajstić information content (AvgIpc) is 3.43. The SMILES string of the molecule is O=S(=O)(O)c1cccc2c(S(=O)(=O)O)cccc12.c1ccc(CNc2nc(N3CCOc4ccccc43)nc3c2CCCC3)cc1.c1ccc(CNc2nc(N3CCOc4ccccc43)nc3c2CCCC3)cc1. The summed E-state index contributed by atoms with van der Waals surface area (Å²) < 4.78 is 74.3. The first kappa shape index (κ1) is 49.9. The molecular weight excluding hydrogens is 977 g/mol. The van der Waals surface area contributed by atoms with Crippen LogP contribution in [-0.4, -0.2) is 72.2 Å². The first-order valence-electron chi connectivity index (χ1n) is 24.8. The standard InChI is InChI=1S/2C23H24N4O.C10H8O6S2/c2*1-2-8-17(9-3-1)16-24-22-18-10-4-5-11-19(18)25-23(26-22)27-14-15-28-21-13-7-6-12-20(21)27;11-17(12,13)9-5-1-3-7-8(9)4-2-6-10(7)18(14,15)16/h2*1-3,6-9,12-13H,4-5,10-11,14-16H2,(H,24,25,26);1-6H,(H,11,12,13)(H,14,15,16). The Kier molecular flexibility index (Phi) is 15.0. The Bertz CT molecular complexity index is 3290. The molecule has 0 bridgehead atoms. The Morgan fingerprint density at radius 2 is 0.851 bits per heavy atom. The minimum atomic E-state index is -4.47. The monoisotopic (exact) mass is 1030 g/mol. The summed E-state index contributed by atoms with van der Waals surface area (Å²) in [5.41, 5.74) is 9.54. The van der Waals surface area contributed by atoms with Gasteiger partial charge in [-0.05, 0) is 98.9 Å². The van der Waals surface area contributed by atoms with Crippen LogP contribution in [-0.2, 0) is 59.0 Å². The molecule has 4 N–H and O–H groups in total. The van der Waals surface area contributed by atoms with Crippen LogP contribution < -0.4 is 29.9 Å². The van der Waals surface area contributed by atoms with E-state index in [0.29, 0.717) is 13.2 Å². The number of benzene rings is 6. The maximum Gasteiger partial charge on any atom is 0.295 e. The molecule has 0 fully saturated rings. The highest BCUT2D eigenvalue weighted by molar-refractivity contribution is 7.86. The van der Waals surface area contributed by atoms with E-state index in [1.54, 1.807) is 0 Å². The van der Waals surface area contributed by atoms with Crippen molar-refractivity contribution < 1.29 is 35.4 Å². The molecule has 74 heavy (non-hydrogen) atoms. The van der Waals surface area contributed by atoms with Crippen molar-refractivity contribution in [3.05, 3.63) is 179 Å². The van der Waals surface area contributed by atoms with Gasteiger partial charge >= 0.3 is 0 Å². The van der Waals surface area contributed by atoms with Crippen molar-refractivity contribution >= 4 is 65.9 Å². The summed E-state index contributed by atoms with van der Waals surface area (Å²) >= 11 is 0. The van der Waals surface area contributed by atoms with E-state index in [4.69, 9.17) is 38.5 Å². The van der Waals surface area contributed by atoms with Gasteiger partial charge in [0, 0.05) is 35.0 Å². The van der Waals surface area contributed by atoms with Crippen LogP contribution in [0.15, 0.2) is 155 Å². The fourth-order valence-electron chi connectivity index (χ4n) is 9.72. The highest BCUT2D eigenvalue weighted by Crippen LogP contribution is 2.39. The second-order valence-corrected chi connectivity index (χ2v) is 21.0. The minimum Gasteiger partial charge on any atom is -0.490 e. The fraction of sp³-hybridized carbons (Fsp3) is 0.250. The summed E-state index contributed by atoms with van der Waals surface area (Å²) in [4.78, 5) is 23.4. The van der Waals surface area contributed by atoms with Crippen LogP contribution in [0.3, 0.4) is 0 Å². The molecule has 6 aromatic carbocycles. The Balaban J connectivity index is 0.000000131. The number of rotatable bonds is 10. The topological polar surface area (TPSA) is 209 Å². The molecule has 380 valence electrons. The van der Waals surface area contributed by atoms with E-state index in [9.17, 15) is 16.8 Å². The van der Waals surface area contributed by atoms with Crippen LogP contribution in [0.2, 0.25) is 0 Å². The molecule has 4 heterocycles. The molecule has 0 saturated heterocycles. The number of fused-ring (bicyclic) bond motifs is 5. The van der Waals surface area contributed by atoms with Gasteiger partial charge in [-0.25, -0.2) is 9.97 Å². The summed E-state index contributed by atoms with van der Waals surface area (Å²) in [6.45, 7) is 4.34. The Labute approximate surface area is 431 Å². The van der Waals surface area contributed by atoms with Crippen LogP contribution in [0.4, 0.5) is 34.9 Å². The third kappa shape index (κ3) is 11.4. The first-order chi connectivity index (χ1) is 36.0. The zero-order valence-corrected chi connectivity index (χ0v) is 42.2. The van der Waals surface area contributed by atoms with Crippen LogP contribution in [0.1, 0.15) is 59.3 Å². The van der Waals surface area contributed by atoms with Crippen molar-refractivity contribution in [3.63, 3.8) is 0 Å². The van der Waals surface area contributed by atoms with Gasteiger partial charge in [-0.15, -0.1) is 0 Å². The van der Waals surface area contributed by atoms with Gasteiger partial charge in [0.2, 0.25) is 11.9 Å². The van der Waals surface area contributed by atoms with Crippen molar-refractivity contribution in [3.8, 4) is 11.5 Å². The third-order valence-electron chi connectivity index (χ3n) is 13.3. The van der Waals surface area contributed by atoms with Gasteiger partial charge < -0.3 is 29.9 Å². The summed E-state index contributed by atoms with van der Waals surface area (Å²) in [6.07, 6.45) is 8.95. The zero-order chi connectivity index (χ0) is 51.1. The van der Waals surface area contributed by atoms with E-state index in [0.717, 1.165) is 110 Å².